The molecule has 0 atom stereocenters. The summed E-state index contributed by atoms with van der Waals surface area (Å²) in [6.07, 6.45) is 0. The van der Waals surface area contributed by atoms with E-state index in [9.17, 15) is 10.1 Å². The Hall–Kier alpha value is -6.78. The molecule has 0 fully saturated rings. The fourth-order valence-corrected chi connectivity index (χ4v) is 8.18. The highest BCUT2D eigenvalue weighted by molar-refractivity contribution is 6.27. The SMILES string of the molecule is O=[N+]([O-])c1c2ccccc2c(-c2cccc3oc4c(-c5c6ccccc6c(-c6ccccc6)c6ccccc56)cccc4c23)c2ccccc12. The molecule has 0 saturated heterocycles. The van der Waals surface area contributed by atoms with Gasteiger partial charge in [-0.05, 0) is 72.8 Å². The lowest BCUT2D eigenvalue weighted by Gasteiger charge is -2.17. The number of nitro groups is 1. The average molecular weight is 642 g/mol. The Balaban J connectivity index is 1.33. The molecule has 0 unspecified atom stereocenters. The second kappa shape index (κ2) is 10.9. The van der Waals surface area contributed by atoms with E-state index in [1.807, 2.05) is 60.7 Å². The number of hydrogen-bond donors (Lipinski definition) is 0. The van der Waals surface area contributed by atoms with Crippen LogP contribution in [0.5, 0.6) is 0 Å². The monoisotopic (exact) mass is 641 g/mol. The minimum absolute atomic E-state index is 0.129. The van der Waals surface area contributed by atoms with Crippen LogP contribution in [0.4, 0.5) is 5.69 Å². The average Bonchev–Trinajstić information content (AvgIpc) is 3.56. The first kappa shape index (κ1) is 28.3. The van der Waals surface area contributed by atoms with Gasteiger partial charge in [0.2, 0.25) is 0 Å². The van der Waals surface area contributed by atoms with Gasteiger partial charge in [-0.2, -0.15) is 0 Å². The van der Waals surface area contributed by atoms with Gasteiger partial charge < -0.3 is 4.42 Å². The van der Waals surface area contributed by atoms with E-state index in [1.54, 1.807) is 0 Å². The van der Waals surface area contributed by atoms with Crippen molar-refractivity contribution in [3.8, 4) is 33.4 Å². The smallest absolute Gasteiger partial charge is 0.284 e. The van der Waals surface area contributed by atoms with Crippen molar-refractivity contribution in [1.29, 1.82) is 0 Å². The van der Waals surface area contributed by atoms with Gasteiger partial charge in [0.1, 0.15) is 11.2 Å². The number of hydrogen-bond acceptors (Lipinski definition) is 3. The third-order valence-electron chi connectivity index (χ3n) is 10.1. The van der Waals surface area contributed by atoms with Crippen LogP contribution < -0.4 is 0 Å². The summed E-state index contributed by atoms with van der Waals surface area (Å²) in [5.74, 6) is 0. The topological polar surface area (TPSA) is 56.3 Å². The summed E-state index contributed by atoms with van der Waals surface area (Å²) in [6.45, 7) is 0. The Morgan fingerprint density at radius 3 is 1.38 bits per heavy atom. The van der Waals surface area contributed by atoms with E-state index >= 15 is 0 Å². The number of furan rings is 1. The molecule has 0 amide bonds. The van der Waals surface area contributed by atoms with Crippen LogP contribution in [0, 0.1) is 10.1 Å². The predicted molar refractivity (Wildman–Crippen MR) is 207 cm³/mol. The van der Waals surface area contributed by atoms with Gasteiger partial charge in [0.05, 0.1) is 15.7 Å². The maximum Gasteiger partial charge on any atom is 0.284 e. The summed E-state index contributed by atoms with van der Waals surface area (Å²) in [5.41, 5.74) is 8.21. The van der Waals surface area contributed by atoms with Crippen molar-refractivity contribution < 1.29 is 9.34 Å². The first-order chi connectivity index (χ1) is 24.7. The first-order valence-corrected chi connectivity index (χ1v) is 16.7. The Morgan fingerprint density at radius 1 is 0.400 bits per heavy atom. The van der Waals surface area contributed by atoms with Crippen molar-refractivity contribution in [3.05, 3.63) is 174 Å². The summed E-state index contributed by atoms with van der Waals surface area (Å²) >= 11 is 0. The third-order valence-corrected chi connectivity index (χ3v) is 10.1. The molecule has 0 N–H and O–H groups in total. The largest absolute Gasteiger partial charge is 0.455 e. The minimum atomic E-state index is -0.258. The summed E-state index contributed by atoms with van der Waals surface area (Å²) in [4.78, 5) is 12.2. The Labute approximate surface area is 286 Å². The van der Waals surface area contributed by atoms with E-state index in [-0.39, 0.29) is 10.6 Å². The van der Waals surface area contributed by atoms with Gasteiger partial charge in [-0.15, -0.1) is 0 Å². The molecule has 4 heteroatoms. The molecule has 1 aromatic heterocycles. The zero-order valence-corrected chi connectivity index (χ0v) is 26.8. The number of non-ortho nitro benzene ring substituents is 1. The van der Waals surface area contributed by atoms with Gasteiger partial charge in [0.25, 0.3) is 5.69 Å². The maximum absolute atomic E-state index is 12.5. The number of nitro benzene ring substituents is 1. The van der Waals surface area contributed by atoms with Crippen molar-refractivity contribution in [2.24, 2.45) is 0 Å². The summed E-state index contributed by atoms with van der Waals surface area (Å²) in [6, 6.07) is 55.8. The van der Waals surface area contributed by atoms with Crippen molar-refractivity contribution in [1.82, 2.24) is 0 Å². The Bertz CT molecular complexity index is 2900. The highest BCUT2D eigenvalue weighted by atomic mass is 16.6. The van der Waals surface area contributed by atoms with Crippen LogP contribution in [0.2, 0.25) is 0 Å². The van der Waals surface area contributed by atoms with E-state index in [2.05, 4.69) is 103 Å². The van der Waals surface area contributed by atoms with E-state index < -0.39 is 0 Å². The fraction of sp³-hybridized carbons (Fsp3) is 0. The second-order valence-electron chi connectivity index (χ2n) is 12.7. The van der Waals surface area contributed by atoms with E-state index in [0.717, 1.165) is 65.7 Å². The molecule has 0 radical (unpaired) electrons. The fourth-order valence-electron chi connectivity index (χ4n) is 8.18. The van der Waals surface area contributed by atoms with Crippen LogP contribution in [-0.2, 0) is 0 Å². The molecule has 0 aliphatic heterocycles. The Morgan fingerprint density at radius 2 is 0.820 bits per heavy atom. The van der Waals surface area contributed by atoms with Gasteiger partial charge in [0.15, 0.2) is 0 Å². The summed E-state index contributed by atoms with van der Waals surface area (Å²) in [7, 11) is 0. The van der Waals surface area contributed by atoms with Crippen LogP contribution in [0.1, 0.15) is 0 Å². The Kier molecular flexibility index (Phi) is 6.14. The van der Waals surface area contributed by atoms with E-state index in [4.69, 9.17) is 4.42 Å². The molecule has 4 nitrogen and oxygen atoms in total. The molecule has 0 saturated carbocycles. The van der Waals surface area contributed by atoms with Gasteiger partial charge in [-0.25, -0.2) is 0 Å². The van der Waals surface area contributed by atoms with Crippen LogP contribution in [-0.4, -0.2) is 4.92 Å². The number of rotatable bonds is 4. The molecule has 0 bridgehead atoms. The lowest BCUT2D eigenvalue weighted by atomic mass is 9.85. The predicted octanol–water partition coefficient (Wildman–Crippen LogP) is 13.1. The highest BCUT2D eigenvalue weighted by Gasteiger charge is 2.25. The van der Waals surface area contributed by atoms with Crippen LogP contribution in [0.3, 0.4) is 0 Å². The molecule has 0 aliphatic rings. The van der Waals surface area contributed by atoms with Crippen molar-refractivity contribution in [3.63, 3.8) is 0 Å². The van der Waals surface area contributed by atoms with E-state index in [1.165, 1.54) is 21.9 Å². The zero-order valence-electron chi connectivity index (χ0n) is 26.8. The molecule has 0 spiro atoms. The standard InChI is InChI=1S/C46H27NO3/c48-47(49)45-35-22-10-8-20-33(35)42(34-21-9-11-23-36(34)45)37-24-13-27-40-44(37)39-26-12-25-38(46(39)50-40)43-31-18-6-4-16-29(31)41(28-14-2-1-3-15-28)30-17-5-7-19-32(30)43/h1-27H. The lowest BCUT2D eigenvalue weighted by Crippen LogP contribution is -1.94. The number of benzene rings is 9. The first-order valence-electron chi connectivity index (χ1n) is 16.7. The van der Waals surface area contributed by atoms with Crippen LogP contribution >= 0.6 is 0 Å². The van der Waals surface area contributed by atoms with Crippen LogP contribution in [0.15, 0.2) is 168 Å². The second-order valence-corrected chi connectivity index (χ2v) is 12.7. The number of nitrogens with zero attached hydrogens (tertiary/aromatic N) is 1. The third kappa shape index (κ3) is 3.99. The van der Waals surface area contributed by atoms with Gasteiger partial charge in [0, 0.05) is 21.9 Å². The molecule has 0 aliphatic carbocycles. The quantitative estimate of drug-likeness (QED) is 0.109. The molecule has 9 aromatic carbocycles. The summed E-state index contributed by atoms with van der Waals surface area (Å²) in [5, 5.41) is 22.1. The minimum Gasteiger partial charge on any atom is -0.455 e. The van der Waals surface area contributed by atoms with Crippen molar-refractivity contribution >= 4 is 70.7 Å². The molecule has 234 valence electrons. The van der Waals surface area contributed by atoms with Gasteiger partial charge in [-0.3, -0.25) is 10.1 Å². The molecule has 10 rings (SSSR count). The number of fused-ring (bicyclic) bond motifs is 7. The number of para-hydroxylation sites is 1. The lowest BCUT2D eigenvalue weighted by molar-refractivity contribution is -0.381. The maximum atomic E-state index is 12.5. The molecule has 1 heterocycles. The molecular formula is C46H27NO3. The zero-order chi connectivity index (χ0) is 33.3. The molecular weight excluding hydrogens is 615 g/mol. The van der Waals surface area contributed by atoms with Gasteiger partial charge in [-0.1, -0.05) is 146 Å². The highest BCUT2D eigenvalue weighted by Crippen LogP contribution is 2.49. The molecule has 10 aromatic rings. The van der Waals surface area contributed by atoms with E-state index in [0.29, 0.717) is 10.8 Å². The molecule has 50 heavy (non-hydrogen) atoms. The summed E-state index contributed by atoms with van der Waals surface area (Å²) < 4.78 is 6.89. The van der Waals surface area contributed by atoms with Crippen molar-refractivity contribution in [2.75, 3.05) is 0 Å². The normalized spacial score (nSPS) is 11.8. The van der Waals surface area contributed by atoms with Gasteiger partial charge >= 0.3 is 0 Å². The van der Waals surface area contributed by atoms with Crippen LogP contribution in [0.25, 0.3) is 98.4 Å². The van der Waals surface area contributed by atoms with Crippen molar-refractivity contribution in [2.45, 2.75) is 0 Å².